The molecule has 3 heterocycles. The van der Waals surface area contributed by atoms with Crippen molar-refractivity contribution in [3.63, 3.8) is 0 Å². The van der Waals surface area contributed by atoms with Crippen LogP contribution in [-0.2, 0) is 0 Å². The molecule has 1 saturated carbocycles. The zero-order valence-electron chi connectivity index (χ0n) is 16.6. The van der Waals surface area contributed by atoms with Gasteiger partial charge < -0.3 is 15.0 Å². The minimum absolute atomic E-state index is 0.0479. The standard InChI is InChI=1S/C19H24F4N6O/c1-28-8-4-13(11-28)30-16-10-15(24-12-2-6-19(22,23)7-3-12)25-18(26-16)29-9-5-14(27-29)17(20)21/h5,9-10,12-13,17H,2-4,6-8,11H2,1H3,(H,24,25,26). The Labute approximate surface area is 171 Å². The molecule has 1 atom stereocenters. The summed E-state index contributed by atoms with van der Waals surface area (Å²) in [5.74, 6) is -1.86. The van der Waals surface area contributed by atoms with E-state index in [-0.39, 0.29) is 42.5 Å². The first-order chi connectivity index (χ1) is 14.3. The number of halogens is 4. The van der Waals surface area contributed by atoms with Gasteiger partial charge in [0.25, 0.3) is 12.4 Å². The van der Waals surface area contributed by atoms with Gasteiger partial charge in [0, 0.05) is 44.2 Å². The Kier molecular flexibility index (Phi) is 5.81. The van der Waals surface area contributed by atoms with Gasteiger partial charge in [0.1, 0.15) is 17.6 Å². The number of ether oxygens (including phenoxy) is 1. The van der Waals surface area contributed by atoms with Crippen molar-refractivity contribution >= 4 is 5.82 Å². The van der Waals surface area contributed by atoms with E-state index in [1.165, 1.54) is 12.3 Å². The molecular formula is C19H24F4N6O. The summed E-state index contributed by atoms with van der Waals surface area (Å²) in [7, 11) is 2.00. The molecule has 164 valence electrons. The summed E-state index contributed by atoms with van der Waals surface area (Å²) in [5, 5.41) is 6.99. The SMILES string of the molecule is CN1CCC(Oc2cc(NC3CCC(F)(F)CC3)nc(-n3ccc(C(F)F)n3)n2)C1. The first-order valence-corrected chi connectivity index (χ1v) is 10.0. The third-order valence-electron chi connectivity index (χ3n) is 5.43. The van der Waals surface area contributed by atoms with E-state index in [2.05, 4.69) is 25.3 Å². The molecule has 2 aromatic heterocycles. The first kappa shape index (κ1) is 20.8. The Balaban J connectivity index is 1.56. The number of nitrogens with zero attached hydrogens (tertiary/aromatic N) is 5. The van der Waals surface area contributed by atoms with Crippen LogP contribution in [0.4, 0.5) is 23.4 Å². The number of alkyl halides is 4. The lowest BCUT2D eigenvalue weighted by Crippen LogP contribution is -2.32. The molecular weight excluding hydrogens is 404 g/mol. The summed E-state index contributed by atoms with van der Waals surface area (Å²) in [6.07, 6.45) is -0.299. The minimum Gasteiger partial charge on any atom is -0.473 e. The lowest BCUT2D eigenvalue weighted by molar-refractivity contribution is -0.0361. The third kappa shape index (κ3) is 5.00. The zero-order valence-corrected chi connectivity index (χ0v) is 16.6. The molecule has 0 spiro atoms. The van der Waals surface area contributed by atoms with Crippen LogP contribution < -0.4 is 10.1 Å². The molecule has 1 saturated heterocycles. The Hall–Kier alpha value is -2.43. The van der Waals surface area contributed by atoms with Gasteiger partial charge in [0.2, 0.25) is 11.8 Å². The monoisotopic (exact) mass is 428 g/mol. The van der Waals surface area contributed by atoms with E-state index in [0.29, 0.717) is 18.7 Å². The van der Waals surface area contributed by atoms with Crippen molar-refractivity contribution in [3.05, 3.63) is 24.0 Å². The third-order valence-corrected chi connectivity index (χ3v) is 5.43. The normalized spacial score (nSPS) is 22.5. The van der Waals surface area contributed by atoms with Gasteiger partial charge in [-0.3, -0.25) is 0 Å². The molecule has 1 aliphatic carbocycles. The molecule has 1 N–H and O–H groups in total. The predicted octanol–water partition coefficient (Wildman–Crippen LogP) is 3.67. The van der Waals surface area contributed by atoms with Crippen LogP contribution in [0.25, 0.3) is 5.95 Å². The second-order valence-electron chi connectivity index (χ2n) is 7.94. The van der Waals surface area contributed by atoms with E-state index in [1.807, 2.05) is 7.05 Å². The van der Waals surface area contributed by atoms with E-state index < -0.39 is 12.3 Å². The molecule has 2 aromatic rings. The molecule has 11 heteroatoms. The zero-order chi connectivity index (χ0) is 21.3. The van der Waals surface area contributed by atoms with Gasteiger partial charge in [-0.1, -0.05) is 0 Å². The quantitative estimate of drug-likeness (QED) is 0.709. The topological polar surface area (TPSA) is 68.1 Å². The van der Waals surface area contributed by atoms with Gasteiger partial charge in [-0.2, -0.15) is 15.1 Å². The average molecular weight is 428 g/mol. The molecule has 0 radical (unpaired) electrons. The number of hydrogen-bond acceptors (Lipinski definition) is 6. The molecule has 0 amide bonds. The Morgan fingerprint density at radius 1 is 1.20 bits per heavy atom. The number of nitrogens with one attached hydrogen (secondary N) is 1. The van der Waals surface area contributed by atoms with Crippen molar-refractivity contribution in [1.29, 1.82) is 0 Å². The number of hydrogen-bond donors (Lipinski definition) is 1. The second kappa shape index (κ2) is 8.37. The van der Waals surface area contributed by atoms with Crippen LogP contribution in [0.15, 0.2) is 18.3 Å². The van der Waals surface area contributed by atoms with E-state index in [1.54, 1.807) is 6.07 Å². The molecule has 7 nitrogen and oxygen atoms in total. The van der Waals surface area contributed by atoms with Crippen LogP contribution >= 0.6 is 0 Å². The summed E-state index contributed by atoms with van der Waals surface area (Å²) >= 11 is 0. The van der Waals surface area contributed by atoms with Crippen LogP contribution in [0.1, 0.15) is 44.2 Å². The van der Waals surface area contributed by atoms with Crippen molar-refractivity contribution in [2.75, 3.05) is 25.5 Å². The van der Waals surface area contributed by atoms with E-state index >= 15 is 0 Å². The lowest BCUT2D eigenvalue weighted by atomic mass is 9.92. The fourth-order valence-corrected chi connectivity index (χ4v) is 3.77. The molecule has 2 fully saturated rings. The highest BCUT2D eigenvalue weighted by Gasteiger charge is 2.35. The highest BCUT2D eigenvalue weighted by atomic mass is 19.3. The van der Waals surface area contributed by atoms with Gasteiger partial charge in [-0.15, -0.1) is 0 Å². The minimum atomic E-state index is -2.71. The van der Waals surface area contributed by atoms with Crippen LogP contribution in [0.5, 0.6) is 5.88 Å². The summed E-state index contributed by atoms with van der Waals surface area (Å²) in [5.41, 5.74) is -0.383. The largest absolute Gasteiger partial charge is 0.473 e. The van der Waals surface area contributed by atoms with Crippen molar-refractivity contribution < 1.29 is 22.3 Å². The van der Waals surface area contributed by atoms with Crippen LogP contribution in [0.2, 0.25) is 0 Å². The number of aromatic nitrogens is 4. The summed E-state index contributed by atoms with van der Waals surface area (Å²) < 4.78 is 59.9. The molecule has 0 aromatic carbocycles. The van der Waals surface area contributed by atoms with Crippen molar-refractivity contribution in [1.82, 2.24) is 24.6 Å². The summed E-state index contributed by atoms with van der Waals surface area (Å²) in [4.78, 5) is 10.8. The van der Waals surface area contributed by atoms with Gasteiger partial charge in [0.15, 0.2) is 0 Å². The predicted molar refractivity (Wildman–Crippen MR) is 101 cm³/mol. The maximum atomic E-state index is 13.4. The molecule has 1 aliphatic heterocycles. The van der Waals surface area contributed by atoms with Crippen LogP contribution in [0, 0.1) is 0 Å². The smallest absolute Gasteiger partial charge is 0.282 e. The van der Waals surface area contributed by atoms with Crippen molar-refractivity contribution in [3.8, 4) is 11.8 Å². The first-order valence-electron chi connectivity index (χ1n) is 10.0. The average Bonchev–Trinajstić information content (AvgIpc) is 3.33. The lowest BCUT2D eigenvalue weighted by Gasteiger charge is -2.29. The molecule has 0 bridgehead atoms. The number of likely N-dealkylation sites (tertiary alicyclic amines) is 1. The van der Waals surface area contributed by atoms with Crippen molar-refractivity contribution in [2.45, 2.75) is 56.6 Å². The van der Waals surface area contributed by atoms with Crippen molar-refractivity contribution in [2.24, 2.45) is 0 Å². The highest BCUT2D eigenvalue weighted by Crippen LogP contribution is 2.34. The Morgan fingerprint density at radius 2 is 1.97 bits per heavy atom. The van der Waals surface area contributed by atoms with E-state index in [4.69, 9.17) is 4.74 Å². The van der Waals surface area contributed by atoms with Gasteiger partial charge in [-0.25, -0.2) is 22.2 Å². The maximum Gasteiger partial charge on any atom is 0.282 e. The Bertz CT molecular complexity index is 866. The van der Waals surface area contributed by atoms with Gasteiger partial charge >= 0.3 is 0 Å². The van der Waals surface area contributed by atoms with Crippen LogP contribution in [0.3, 0.4) is 0 Å². The molecule has 30 heavy (non-hydrogen) atoms. The molecule has 4 rings (SSSR count). The summed E-state index contributed by atoms with van der Waals surface area (Å²) in [6, 6.07) is 2.66. The van der Waals surface area contributed by atoms with E-state index in [9.17, 15) is 17.6 Å². The number of rotatable bonds is 6. The van der Waals surface area contributed by atoms with Crippen LogP contribution in [-0.4, -0.2) is 62.9 Å². The number of likely N-dealkylation sites (N-methyl/N-ethyl adjacent to an activating group) is 1. The number of anilines is 1. The summed E-state index contributed by atoms with van der Waals surface area (Å²) in [6.45, 7) is 1.65. The molecule has 2 aliphatic rings. The van der Waals surface area contributed by atoms with E-state index in [0.717, 1.165) is 24.2 Å². The highest BCUT2D eigenvalue weighted by molar-refractivity contribution is 5.42. The Morgan fingerprint density at radius 3 is 2.60 bits per heavy atom. The maximum absolute atomic E-state index is 13.4. The fourth-order valence-electron chi connectivity index (χ4n) is 3.77. The molecule has 1 unspecified atom stereocenters. The van der Waals surface area contributed by atoms with Gasteiger partial charge in [0.05, 0.1) is 0 Å². The second-order valence-corrected chi connectivity index (χ2v) is 7.94. The fraction of sp³-hybridized carbons (Fsp3) is 0.632. The van der Waals surface area contributed by atoms with Gasteiger partial charge in [-0.05, 0) is 32.4 Å².